The van der Waals surface area contributed by atoms with Gasteiger partial charge in [0.1, 0.15) is 5.82 Å². The third kappa shape index (κ3) is 3.59. The van der Waals surface area contributed by atoms with Crippen LogP contribution in [0.2, 0.25) is 0 Å². The van der Waals surface area contributed by atoms with Crippen LogP contribution in [-0.2, 0) is 6.42 Å². The predicted molar refractivity (Wildman–Crippen MR) is 60.7 cm³/mol. The molecule has 0 fully saturated rings. The highest BCUT2D eigenvalue weighted by Crippen LogP contribution is 2.13. The first-order chi connectivity index (χ1) is 6.76. The molecule has 4 nitrogen and oxygen atoms in total. The standard InChI is InChI=1S/C9H18N4S/c1-3-4-8-12-9(14-13-8)11-7(2)5-6-10/h7H,3-6,10H2,1-2H3,(H,11,12,13). The van der Waals surface area contributed by atoms with Gasteiger partial charge in [0, 0.05) is 24.0 Å². The first-order valence-electron chi connectivity index (χ1n) is 5.05. The van der Waals surface area contributed by atoms with Crippen LogP contribution in [0.3, 0.4) is 0 Å². The highest BCUT2D eigenvalue weighted by Gasteiger charge is 2.05. The third-order valence-corrected chi connectivity index (χ3v) is 2.60. The smallest absolute Gasteiger partial charge is 0.202 e. The highest BCUT2D eigenvalue weighted by atomic mass is 32.1. The van der Waals surface area contributed by atoms with E-state index in [1.54, 1.807) is 0 Å². The fourth-order valence-corrected chi connectivity index (χ4v) is 1.89. The molecule has 1 atom stereocenters. The molecule has 0 aromatic carbocycles. The molecule has 1 rings (SSSR count). The van der Waals surface area contributed by atoms with Crippen LogP contribution in [-0.4, -0.2) is 21.9 Å². The number of hydrogen-bond acceptors (Lipinski definition) is 5. The maximum absolute atomic E-state index is 5.46. The summed E-state index contributed by atoms with van der Waals surface area (Å²) in [5.41, 5.74) is 5.46. The number of aromatic nitrogens is 2. The SMILES string of the molecule is CCCc1nsc(NC(C)CCN)n1. The van der Waals surface area contributed by atoms with Crippen LogP contribution in [0.1, 0.15) is 32.5 Å². The summed E-state index contributed by atoms with van der Waals surface area (Å²) in [7, 11) is 0. The van der Waals surface area contributed by atoms with Gasteiger partial charge < -0.3 is 11.1 Å². The Bertz CT molecular complexity index is 261. The number of aryl methyl sites for hydroxylation is 1. The summed E-state index contributed by atoms with van der Waals surface area (Å²) in [4.78, 5) is 4.38. The monoisotopic (exact) mass is 214 g/mol. The van der Waals surface area contributed by atoms with Gasteiger partial charge in [-0.05, 0) is 26.3 Å². The molecule has 0 saturated carbocycles. The maximum Gasteiger partial charge on any atom is 0.202 e. The van der Waals surface area contributed by atoms with E-state index in [0.29, 0.717) is 12.6 Å². The van der Waals surface area contributed by atoms with Gasteiger partial charge in [0.15, 0.2) is 0 Å². The molecule has 80 valence electrons. The second kappa shape index (κ2) is 5.93. The van der Waals surface area contributed by atoms with Crippen molar-refractivity contribution in [2.24, 2.45) is 5.73 Å². The van der Waals surface area contributed by atoms with Gasteiger partial charge in [-0.1, -0.05) is 6.92 Å². The van der Waals surface area contributed by atoms with Crippen molar-refractivity contribution < 1.29 is 0 Å². The molecule has 1 unspecified atom stereocenters. The van der Waals surface area contributed by atoms with E-state index in [1.165, 1.54) is 11.5 Å². The molecule has 0 bridgehead atoms. The first kappa shape index (κ1) is 11.4. The molecule has 5 heteroatoms. The summed E-state index contributed by atoms with van der Waals surface area (Å²) in [6.45, 7) is 4.94. The van der Waals surface area contributed by atoms with E-state index in [1.807, 2.05) is 0 Å². The summed E-state index contributed by atoms with van der Waals surface area (Å²) >= 11 is 1.43. The minimum atomic E-state index is 0.377. The largest absolute Gasteiger partial charge is 0.358 e. The number of anilines is 1. The average molecular weight is 214 g/mol. The summed E-state index contributed by atoms with van der Waals surface area (Å²) in [6.07, 6.45) is 3.01. The van der Waals surface area contributed by atoms with Crippen LogP contribution in [0, 0.1) is 0 Å². The fraction of sp³-hybridized carbons (Fsp3) is 0.778. The van der Waals surface area contributed by atoms with Crippen LogP contribution in [0.15, 0.2) is 0 Å². The van der Waals surface area contributed by atoms with Crippen molar-refractivity contribution in [1.29, 1.82) is 0 Å². The van der Waals surface area contributed by atoms with Gasteiger partial charge in [-0.3, -0.25) is 0 Å². The van der Waals surface area contributed by atoms with Crippen LogP contribution >= 0.6 is 11.5 Å². The van der Waals surface area contributed by atoms with Gasteiger partial charge in [-0.15, -0.1) is 0 Å². The number of rotatable bonds is 6. The third-order valence-electron chi connectivity index (χ3n) is 1.91. The van der Waals surface area contributed by atoms with Gasteiger partial charge in [-0.2, -0.15) is 4.37 Å². The zero-order chi connectivity index (χ0) is 10.4. The maximum atomic E-state index is 5.46. The molecule has 3 N–H and O–H groups in total. The Balaban J connectivity index is 2.42. The fourth-order valence-electron chi connectivity index (χ4n) is 1.17. The second-order valence-corrected chi connectivity index (χ2v) is 4.14. The quantitative estimate of drug-likeness (QED) is 0.755. The van der Waals surface area contributed by atoms with Crippen LogP contribution < -0.4 is 11.1 Å². The topological polar surface area (TPSA) is 63.8 Å². The number of nitrogens with one attached hydrogen (secondary N) is 1. The molecule has 14 heavy (non-hydrogen) atoms. The Kier molecular flexibility index (Phi) is 4.82. The number of nitrogens with zero attached hydrogens (tertiary/aromatic N) is 2. The van der Waals surface area contributed by atoms with Gasteiger partial charge in [0.05, 0.1) is 0 Å². The number of hydrogen-bond donors (Lipinski definition) is 2. The van der Waals surface area contributed by atoms with Crippen molar-refractivity contribution >= 4 is 16.7 Å². The molecule has 0 amide bonds. The Labute approximate surface area is 89.1 Å². The molecule has 1 heterocycles. The lowest BCUT2D eigenvalue weighted by molar-refractivity contribution is 0.715. The lowest BCUT2D eigenvalue weighted by Gasteiger charge is -2.09. The van der Waals surface area contributed by atoms with E-state index < -0.39 is 0 Å². The molecule has 1 aromatic rings. The molecule has 0 saturated heterocycles. The predicted octanol–water partition coefficient (Wildman–Crippen LogP) is 1.64. The van der Waals surface area contributed by atoms with Crippen molar-refractivity contribution in [2.45, 2.75) is 39.2 Å². The highest BCUT2D eigenvalue weighted by molar-refractivity contribution is 7.09. The van der Waals surface area contributed by atoms with Gasteiger partial charge in [-0.25, -0.2) is 4.98 Å². The Hall–Kier alpha value is -0.680. The van der Waals surface area contributed by atoms with E-state index in [4.69, 9.17) is 5.73 Å². The summed E-state index contributed by atoms with van der Waals surface area (Å²) in [6, 6.07) is 0.377. The van der Waals surface area contributed by atoms with Crippen molar-refractivity contribution in [3.05, 3.63) is 5.82 Å². The normalized spacial score (nSPS) is 12.8. The average Bonchev–Trinajstić information content (AvgIpc) is 2.53. The van der Waals surface area contributed by atoms with Crippen molar-refractivity contribution in [3.63, 3.8) is 0 Å². The molecular weight excluding hydrogens is 196 g/mol. The lowest BCUT2D eigenvalue weighted by atomic mass is 10.2. The minimum Gasteiger partial charge on any atom is -0.358 e. The van der Waals surface area contributed by atoms with E-state index in [0.717, 1.165) is 30.2 Å². The van der Waals surface area contributed by atoms with E-state index in [9.17, 15) is 0 Å². The van der Waals surface area contributed by atoms with Crippen LogP contribution in [0.4, 0.5) is 5.13 Å². The molecule has 1 aromatic heterocycles. The Morgan fingerprint density at radius 2 is 2.36 bits per heavy atom. The molecule has 0 radical (unpaired) electrons. The molecule has 0 spiro atoms. The zero-order valence-electron chi connectivity index (χ0n) is 8.79. The second-order valence-electron chi connectivity index (χ2n) is 3.39. The van der Waals surface area contributed by atoms with Crippen molar-refractivity contribution in [1.82, 2.24) is 9.36 Å². The molecule has 0 aliphatic carbocycles. The Morgan fingerprint density at radius 3 is 3.00 bits per heavy atom. The van der Waals surface area contributed by atoms with Crippen molar-refractivity contribution in [3.8, 4) is 0 Å². The van der Waals surface area contributed by atoms with Crippen LogP contribution in [0.25, 0.3) is 0 Å². The molecular formula is C9H18N4S. The van der Waals surface area contributed by atoms with E-state index >= 15 is 0 Å². The Morgan fingerprint density at radius 1 is 1.57 bits per heavy atom. The van der Waals surface area contributed by atoms with E-state index in [2.05, 4.69) is 28.5 Å². The van der Waals surface area contributed by atoms with Gasteiger partial charge in [0.2, 0.25) is 5.13 Å². The molecule has 0 aliphatic heterocycles. The van der Waals surface area contributed by atoms with Gasteiger partial charge >= 0.3 is 0 Å². The number of nitrogens with two attached hydrogens (primary N) is 1. The summed E-state index contributed by atoms with van der Waals surface area (Å²) < 4.78 is 4.26. The zero-order valence-corrected chi connectivity index (χ0v) is 9.60. The lowest BCUT2D eigenvalue weighted by Crippen LogP contribution is -2.19. The van der Waals surface area contributed by atoms with Gasteiger partial charge in [0.25, 0.3) is 0 Å². The summed E-state index contributed by atoms with van der Waals surface area (Å²) in [5.74, 6) is 0.944. The minimum absolute atomic E-state index is 0.377. The summed E-state index contributed by atoms with van der Waals surface area (Å²) in [5, 5.41) is 4.20. The van der Waals surface area contributed by atoms with E-state index in [-0.39, 0.29) is 0 Å². The van der Waals surface area contributed by atoms with Crippen molar-refractivity contribution in [2.75, 3.05) is 11.9 Å². The van der Waals surface area contributed by atoms with Crippen LogP contribution in [0.5, 0.6) is 0 Å². The first-order valence-corrected chi connectivity index (χ1v) is 5.82. The molecule has 0 aliphatic rings.